The summed E-state index contributed by atoms with van der Waals surface area (Å²) in [4.78, 5) is 20.6. The van der Waals surface area contributed by atoms with Crippen molar-refractivity contribution in [1.82, 2.24) is 9.55 Å². The summed E-state index contributed by atoms with van der Waals surface area (Å²) in [5.41, 5.74) is 1.71. The molecule has 3 heterocycles. The van der Waals surface area contributed by atoms with Crippen LogP contribution < -0.4 is 10.3 Å². The van der Waals surface area contributed by atoms with Crippen molar-refractivity contribution in [3.63, 3.8) is 0 Å². The second-order valence-electron chi connectivity index (χ2n) is 7.53. The molecule has 0 aliphatic carbocycles. The standard InChI is InChI=1S/C22H26N2O3S2/c1-5-11-28-21-23-19-18(16-12-22(3,6-2)27-13-17(16)29-19)20(25)24(21)14-7-9-15(26-4)10-8-14/h7-10H,5-6,11-13H2,1-4H3/t22-/m0/s1. The van der Waals surface area contributed by atoms with Crippen molar-refractivity contribution in [2.24, 2.45) is 0 Å². The van der Waals surface area contributed by atoms with E-state index in [0.717, 1.165) is 62.3 Å². The van der Waals surface area contributed by atoms with Gasteiger partial charge in [0.2, 0.25) is 0 Å². The molecule has 3 aromatic rings. The van der Waals surface area contributed by atoms with Gasteiger partial charge in [-0.3, -0.25) is 9.36 Å². The van der Waals surface area contributed by atoms with Gasteiger partial charge in [-0.2, -0.15) is 0 Å². The molecule has 0 saturated heterocycles. The molecule has 4 rings (SSSR count). The van der Waals surface area contributed by atoms with Crippen molar-refractivity contribution in [2.75, 3.05) is 12.9 Å². The van der Waals surface area contributed by atoms with Gasteiger partial charge in [0.15, 0.2) is 5.16 Å². The minimum atomic E-state index is -0.228. The van der Waals surface area contributed by atoms with Crippen LogP contribution in [0.5, 0.6) is 5.75 Å². The van der Waals surface area contributed by atoms with Crippen LogP contribution in [-0.2, 0) is 17.8 Å². The van der Waals surface area contributed by atoms with Crippen LogP contribution in [0.1, 0.15) is 44.1 Å². The highest BCUT2D eigenvalue weighted by Gasteiger charge is 2.33. The molecule has 2 aromatic heterocycles. The normalized spacial score (nSPS) is 18.8. The summed E-state index contributed by atoms with van der Waals surface area (Å²) in [5, 5.41) is 1.50. The molecule has 154 valence electrons. The van der Waals surface area contributed by atoms with Crippen molar-refractivity contribution in [3.05, 3.63) is 45.1 Å². The Balaban J connectivity index is 1.93. The Morgan fingerprint density at radius 3 is 2.72 bits per heavy atom. The molecule has 0 saturated carbocycles. The van der Waals surface area contributed by atoms with Gasteiger partial charge in [0.05, 0.1) is 30.4 Å². The lowest BCUT2D eigenvalue weighted by Gasteiger charge is -2.32. The molecule has 1 aromatic carbocycles. The lowest BCUT2D eigenvalue weighted by atomic mass is 9.90. The maximum atomic E-state index is 13.7. The molecular weight excluding hydrogens is 404 g/mol. The Bertz CT molecular complexity index is 1090. The van der Waals surface area contributed by atoms with E-state index in [-0.39, 0.29) is 11.2 Å². The monoisotopic (exact) mass is 430 g/mol. The highest BCUT2D eigenvalue weighted by molar-refractivity contribution is 7.99. The predicted molar refractivity (Wildman–Crippen MR) is 120 cm³/mol. The zero-order valence-electron chi connectivity index (χ0n) is 17.3. The maximum Gasteiger partial charge on any atom is 0.267 e. The number of fused-ring (bicyclic) bond motifs is 3. The van der Waals surface area contributed by atoms with Crippen molar-refractivity contribution < 1.29 is 9.47 Å². The van der Waals surface area contributed by atoms with E-state index in [1.165, 1.54) is 0 Å². The van der Waals surface area contributed by atoms with E-state index >= 15 is 0 Å². The quantitative estimate of drug-likeness (QED) is 0.397. The highest BCUT2D eigenvalue weighted by atomic mass is 32.2. The Morgan fingerprint density at radius 2 is 2.07 bits per heavy atom. The van der Waals surface area contributed by atoms with E-state index in [1.54, 1.807) is 34.8 Å². The fourth-order valence-corrected chi connectivity index (χ4v) is 5.59. The minimum Gasteiger partial charge on any atom is -0.497 e. The van der Waals surface area contributed by atoms with Crippen LogP contribution in [0.25, 0.3) is 15.9 Å². The van der Waals surface area contributed by atoms with E-state index in [0.29, 0.717) is 6.61 Å². The summed E-state index contributed by atoms with van der Waals surface area (Å²) in [6, 6.07) is 7.60. The number of hydrogen-bond donors (Lipinski definition) is 0. The molecule has 0 radical (unpaired) electrons. The Morgan fingerprint density at radius 1 is 1.31 bits per heavy atom. The van der Waals surface area contributed by atoms with E-state index in [9.17, 15) is 4.79 Å². The first-order valence-electron chi connectivity index (χ1n) is 9.98. The number of methoxy groups -OCH3 is 1. The molecular formula is C22H26N2O3S2. The number of benzene rings is 1. The van der Waals surface area contributed by atoms with Gasteiger partial charge >= 0.3 is 0 Å². The molecule has 0 unspecified atom stereocenters. The topological polar surface area (TPSA) is 53.4 Å². The third-order valence-corrected chi connectivity index (χ3v) is 7.74. The summed E-state index contributed by atoms with van der Waals surface area (Å²) in [6.45, 7) is 6.95. The van der Waals surface area contributed by atoms with Crippen molar-refractivity contribution in [1.29, 1.82) is 0 Å². The molecule has 0 N–H and O–H groups in total. The summed E-state index contributed by atoms with van der Waals surface area (Å²) >= 11 is 3.23. The summed E-state index contributed by atoms with van der Waals surface area (Å²) in [6.07, 6.45) is 2.68. The number of thiophene rings is 1. The van der Waals surface area contributed by atoms with Gasteiger partial charge < -0.3 is 9.47 Å². The summed E-state index contributed by atoms with van der Waals surface area (Å²) < 4.78 is 13.1. The smallest absolute Gasteiger partial charge is 0.267 e. The third-order valence-electron chi connectivity index (χ3n) is 5.49. The minimum absolute atomic E-state index is 0.0108. The molecule has 7 heteroatoms. The largest absolute Gasteiger partial charge is 0.497 e. The number of hydrogen-bond acceptors (Lipinski definition) is 6. The van der Waals surface area contributed by atoms with Gasteiger partial charge in [0.1, 0.15) is 10.6 Å². The molecule has 0 spiro atoms. The number of ether oxygens (including phenoxy) is 2. The molecule has 1 atom stereocenters. The van der Waals surface area contributed by atoms with Crippen molar-refractivity contribution in [3.8, 4) is 11.4 Å². The number of rotatable bonds is 6. The second kappa shape index (κ2) is 8.13. The average Bonchev–Trinajstić information content (AvgIpc) is 3.10. The fourth-order valence-electron chi connectivity index (χ4n) is 3.58. The van der Waals surface area contributed by atoms with Gasteiger partial charge in [-0.05, 0) is 49.6 Å². The molecule has 0 fully saturated rings. The molecule has 1 aliphatic rings. The number of nitrogens with zero attached hydrogens (tertiary/aromatic N) is 2. The second-order valence-corrected chi connectivity index (χ2v) is 9.68. The SMILES string of the molecule is CCCSc1nc2sc3c(c2c(=O)n1-c1ccc(OC)cc1)C[C@](C)(CC)OC3. The van der Waals surface area contributed by atoms with Crippen LogP contribution in [0.2, 0.25) is 0 Å². The lowest BCUT2D eigenvalue weighted by molar-refractivity contribution is -0.0543. The highest BCUT2D eigenvalue weighted by Crippen LogP contribution is 2.39. The van der Waals surface area contributed by atoms with Gasteiger partial charge in [-0.25, -0.2) is 4.98 Å². The predicted octanol–water partition coefficient (Wildman–Crippen LogP) is 5.20. The van der Waals surface area contributed by atoms with Crippen LogP contribution in [-0.4, -0.2) is 28.0 Å². The number of thioether (sulfide) groups is 1. The summed E-state index contributed by atoms with van der Waals surface area (Å²) in [5.74, 6) is 1.68. The first-order chi connectivity index (χ1) is 14.0. The van der Waals surface area contributed by atoms with Gasteiger partial charge in [-0.15, -0.1) is 11.3 Å². The average molecular weight is 431 g/mol. The molecule has 29 heavy (non-hydrogen) atoms. The third kappa shape index (κ3) is 3.71. The van der Waals surface area contributed by atoms with Gasteiger partial charge in [0.25, 0.3) is 5.56 Å². The first kappa shape index (κ1) is 20.4. The molecule has 1 aliphatic heterocycles. The Kier molecular flexibility index (Phi) is 5.73. The summed E-state index contributed by atoms with van der Waals surface area (Å²) in [7, 11) is 1.64. The molecule has 0 amide bonds. The van der Waals surface area contributed by atoms with Gasteiger partial charge in [0, 0.05) is 17.1 Å². The van der Waals surface area contributed by atoms with Gasteiger partial charge in [-0.1, -0.05) is 25.6 Å². The lowest BCUT2D eigenvalue weighted by Crippen LogP contribution is -2.34. The maximum absolute atomic E-state index is 13.7. The van der Waals surface area contributed by atoms with Crippen LogP contribution in [0.4, 0.5) is 0 Å². The van der Waals surface area contributed by atoms with Crippen LogP contribution >= 0.6 is 23.1 Å². The zero-order chi connectivity index (χ0) is 20.6. The van der Waals surface area contributed by atoms with Crippen LogP contribution in [0, 0.1) is 0 Å². The Hall–Kier alpha value is -1.83. The number of aromatic nitrogens is 2. The van der Waals surface area contributed by atoms with Crippen molar-refractivity contribution >= 4 is 33.3 Å². The first-order valence-corrected chi connectivity index (χ1v) is 11.8. The van der Waals surface area contributed by atoms with Crippen LogP contribution in [0.15, 0.2) is 34.2 Å². The van der Waals surface area contributed by atoms with E-state index in [2.05, 4.69) is 20.8 Å². The van der Waals surface area contributed by atoms with E-state index in [1.807, 2.05) is 24.3 Å². The zero-order valence-corrected chi connectivity index (χ0v) is 18.9. The van der Waals surface area contributed by atoms with Crippen molar-refractivity contribution in [2.45, 2.75) is 57.4 Å². The molecule has 5 nitrogen and oxygen atoms in total. The molecule has 0 bridgehead atoms. The fraction of sp³-hybridized carbons (Fsp3) is 0.455. The van der Waals surface area contributed by atoms with E-state index in [4.69, 9.17) is 14.5 Å². The van der Waals surface area contributed by atoms with Crippen LogP contribution in [0.3, 0.4) is 0 Å². The Labute approximate surface area is 179 Å². The van der Waals surface area contributed by atoms with E-state index < -0.39 is 0 Å².